The monoisotopic (exact) mass is 578 g/mol. The van der Waals surface area contributed by atoms with Crippen molar-refractivity contribution in [2.75, 3.05) is 67.0 Å². The molecule has 0 fully saturated rings. The number of rotatable bonds is 24. The van der Waals surface area contributed by atoms with Crippen LogP contribution in [0.5, 0.6) is 0 Å². The summed E-state index contributed by atoms with van der Waals surface area (Å²) >= 11 is 0. The second-order valence-electron chi connectivity index (χ2n) is 9.76. The van der Waals surface area contributed by atoms with E-state index in [-0.39, 0.29) is 43.6 Å². The maximum Gasteiger partial charge on any atom is 0.322 e. The molecular weight excluding hydrogens is 528 g/mol. The molecule has 0 aromatic heterocycles. The third kappa shape index (κ3) is 20.5. The van der Waals surface area contributed by atoms with Crippen molar-refractivity contribution < 1.29 is 47.6 Å². The number of hydrogen-bond donors (Lipinski definition) is 4. The molecule has 0 heterocycles. The molecule has 3 atom stereocenters. The molecule has 0 aromatic rings. The highest BCUT2D eigenvalue weighted by Gasteiger charge is 2.21. The van der Waals surface area contributed by atoms with Gasteiger partial charge in [-0.3, -0.25) is 19.2 Å². The van der Waals surface area contributed by atoms with Gasteiger partial charge < -0.3 is 50.5 Å². The first-order chi connectivity index (χ1) is 18.9. The second-order valence-corrected chi connectivity index (χ2v) is 9.76. The number of nitrogens with two attached hydrogens (primary N) is 2. The summed E-state index contributed by atoms with van der Waals surface area (Å²) in [5.74, 6) is -1.47. The number of carbonyl (C=O) groups excluding carboxylic acids is 4. The highest BCUT2D eigenvalue weighted by atomic mass is 16.6. The Kier molecular flexibility index (Phi) is 21.0. The zero-order chi connectivity index (χ0) is 30.4. The molecule has 0 aliphatic heterocycles. The minimum atomic E-state index is -0.806. The quantitative estimate of drug-likeness (QED) is 0.0839. The smallest absolute Gasteiger partial charge is 0.322 e. The van der Waals surface area contributed by atoms with Crippen LogP contribution in [0.4, 0.5) is 0 Å². The van der Waals surface area contributed by atoms with E-state index in [2.05, 4.69) is 20.1 Å². The minimum Gasteiger partial charge on any atom is -0.468 e. The molecule has 2 amide bonds. The first-order valence-electron chi connectivity index (χ1n) is 13.5. The average molecular weight is 579 g/mol. The summed E-state index contributed by atoms with van der Waals surface area (Å²) in [7, 11) is 2.51. The molecule has 0 rings (SSSR count). The van der Waals surface area contributed by atoms with Crippen LogP contribution in [0.3, 0.4) is 0 Å². The largest absolute Gasteiger partial charge is 0.468 e. The fourth-order valence-electron chi connectivity index (χ4n) is 3.15. The van der Waals surface area contributed by atoms with Crippen LogP contribution in [0.1, 0.15) is 52.9 Å². The van der Waals surface area contributed by atoms with Gasteiger partial charge in [0.1, 0.15) is 12.1 Å². The molecule has 14 nitrogen and oxygen atoms in total. The van der Waals surface area contributed by atoms with Crippen LogP contribution in [0.15, 0.2) is 0 Å². The molecule has 14 heteroatoms. The molecule has 0 aliphatic rings. The van der Waals surface area contributed by atoms with E-state index in [4.69, 9.17) is 30.4 Å². The summed E-state index contributed by atoms with van der Waals surface area (Å²) in [5.41, 5.74) is 10.8. The number of hydrogen-bond acceptors (Lipinski definition) is 12. The van der Waals surface area contributed by atoms with Crippen LogP contribution in [0.25, 0.3) is 0 Å². The molecule has 6 N–H and O–H groups in total. The van der Waals surface area contributed by atoms with E-state index in [1.165, 1.54) is 14.2 Å². The Bertz CT molecular complexity index is 738. The molecule has 234 valence electrons. The van der Waals surface area contributed by atoms with E-state index in [0.29, 0.717) is 59.2 Å². The van der Waals surface area contributed by atoms with E-state index in [1.807, 2.05) is 20.8 Å². The normalized spacial score (nSPS) is 13.7. The summed E-state index contributed by atoms with van der Waals surface area (Å²) in [6.45, 7) is 8.87. The van der Waals surface area contributed by atoms with Gasteiger partial charge in [-0.1, -0.05) is 0 Å². The average Bonchev–Trinajstić information content (AvgIpc) is 2.93. The van der Waals surface area contributed by atoms with E-state index in [0.717, 1.165) is 0 Å². The lowest BCUT2D eigenvalue weighted by molar-refractivity contribution is -0.143. The first-order valence-corrected chi connectivity index (χ1v) is 13.5. The summed E-state index contributed by atoms with van der Waals surface area (Å²) in [6.07, 6.45) is 1.18. The van der Waals surface area contributed by atoms with E-state index in [9.17, 15) is 19.2 Å². The Balaban J connectivity index is 3.71. The lowest BCUT2D eigenvalue weighted by atomic mass is 10.1. The lowest BCUT2D eigenvalue weighted by Crippen LogP contribution is -2.36. The van der Waals surface area contributed by atoms with Gasteiger partial charge in [0.25, 0.3) is 0 Å². The molecule has 0 bridgehead atoms. The molecule has 40 heavy (non-hydrogen) atoms. The fourth-order valence-corrected chi connectivity index (χ4v) is 3.15. The van der Waals surface area contributed by atoms with Crippen LogP contribution in [-0.4, -0.2) is 114 Å². The number of carbonyl (C=O) groups is 4. The van der Waals surface area contributed by atoms with Gasteiger partial charge in [0, 0.05) is 25.9 Å². The fraction of sp³-hybridized carbons (Fsp3) is 0.846. The molecule has 0 radical (unpaired) electrons. The number of methoxy groups -OCH3 is 2. The number of nitrogens with one attached hydrogen (secondary N) is 2. The SMILES string of the molecule is COC(=O)[C@@H](N)CCC(=O)NCCOCCOCCOC(C)COC(C)(C)CCNC(=O)CC[C@H](N)C(=O)OC. The van der Waals surface area contributed by atoms with Crippen molar-refractivity contribution in [1.29, 1.82) is 0 Å². The molecule has 0 aliphatic carbocycles. The minimum absolute atomic E-state index is 0.134. The van der Waals surface area contributed by atoms with Crippen molar-refractivity contribution in [3.63, 3.8) is 0 Å². The van der Waals surface area contributed by atoms with Gasteiger partial charge in [0.15, 0.2) is 0 Å². The van der Waals surface area contributed by atoms with E-state index >= 15 is 0 Å². The highest BCUT2D eigenvalue weighted by Crippen LogP contribution is 2.14. The van der Waals surface area contributed by atoms with Crippen LogP contribution < -0.4 is 22.1 Å². The van der Waals surface area contributed by atoms with E-state index in [1.54, 1.807) is 0 Å². The summed E-state index contributed by atoms with van der Waals surface area (Å²) in [6, 6.07) is -1.61. The van der Waals surface area contributed by atoms with Crippen molar-refractivity contribution in [3.8, 4) is 0 Å². The van der Waals surface area contributed by atoms with Crippen molar-refractivity contribution >= 4 is 23.8 Å². The Hall–Kier alpha value is -2.36. The van der Waals surface area contributed by atoms with Gasteiger partial charge in [0.2, 0.25) is 11.8 Å². The van der Waals surface area contributed by atoms with Crippen molar-refractivity contribution in [2.24, 2.45) is 11.5 Å². The number of ether oxygens (including phenoxy) is 6. The van der Waals surface area contributed by atoms with E-state index < -0.39 is 29.6 Å². The van der Waals surface area contributed by atoms with Crippen LogP contribution in [0, 0.1) is 0 Å². The van der Waals surface area contributed by atoms with Crippen molar-refractivity contribution in [3.05, 3.63) is 0 Å². The number of esters is 2. The van der Waals surface area contributed by atoms with Gasteiger partial charge in [-0.15, -0.1) is 0 Å². The number of amides is 2. The maximum absolute atomic E-state index is 11.9. The Morgan fingerprint density at radius 1 is 0.750 bits per heavy atom. The van der Waals surface area contributed by atoms with Gasteiger partial charge in [-0.25, -0.2) is 0 Å². The van der Waals surface area contributed by atoms with Gasteiger partial charge in [-0.2, -0.15) is 0 Å². The highest BCUT2D eigenvalue weighted by molar-refractivity contribution is 5.79. The summed E-state index contributed by atoms with van der Waals surface area (Å²) < 4.78 is 31.6. The zero-order valence-corrected chi connectivity index (χ0v) is 24.7. The Morgan fingerprint density at radius 3 is 1.75 bits per heavy atom. The predicted molar refractivity (Wildman–Crippen MR) is 146 cm³/mol. The van der Waals surface area contributed by atoms with Gasteiger partial charge >= 0.3 is 11.9 Å². The Morgan fingerprint density at radius 2 is 1.23 bits per heavy atom. The lowest BCUT2D eigenvalue weighted by Gasteiger charge is -2.27. The second kappa shape index (κ2) is 22.3. The Labute approximate surface area is 237 Å². The van der Waals surface area contributed by atoms with Gasteiger partial charge in [-0.05, 0) is 40.0 Å². The molecule has 0 saturated heterocycles. The maximum atomic E-state index is 11.9. The third-order valence-corrected chi connectivity index (χ3v) is 5.70. The summed E-state index contributed by atoms with van der Waals surface area (Å²) in [5, 5.41) is 5.50. The molecular formula is C26H50N4O10. The third-order valence-electron chi connectivity index (χ3n) is 5.70. The molecule has 0 saturated carbocycles. The van der Waals surface area contributed by atoms with Crippen LogP contribution in [-0.2, 0) is 47.6 Å². The standard InChI is InChI=1S/C26H50N4O10/c1-19(18-40-26(2,3)10-11-29-22(31)8-6-20(27)24(33)35-4)39-17-16-38-15-14-37-13-12-30-23(32)9-7-21(28)25(34)36-5/h19-21H,6-18,27-28H2,1-5H3,(H,29,31)(H,30,32)/t19?,20-,21-/m0/s1. The summed E-state index contributed by atoms with van der Waals surface area (Å²) in [4.78, 5) is 46.1. The molecule has 0 aromatic carbocycles. The van der Waals surface area contributed by atoms with Crippen LogP contribution in [0.2, 0.25) is 0 Å². The molecule has 1 unspecified atom stereocenters. The zero-order valence-electron chi connectivity index (χ0n) is 24.7. The van der Waals surface area contributed by atoms with Crippen molar-refractivity contribution in [2.45, 2.75) is 76.7 Å². The van der Waals surface area contributed by atoms with Crippen molar-refractivity contribution in [1.82, 2.24) is 10.6 Å². The molecule has 0 spiro atoms. The first kappa shape index (κ1) is 37.6. The predicted octanol–water partition coefficient (Wildman–Crippen LogP) is -0.597. The topological polar surface area (TPSA) is 200 Å². The van der Waals surface area contributed by atoms with Gasteiger partial charge in [0.05, 0.1) is 65.6 Å². The van der Waals surface area contributed by atoms with Crippen LogP contribution >= 0.6 is 0 Å².